The number of nitrogens with two attached hydrogens (primary N) is 1. The summed E-state index contributed by atoms with van der Waals surface area (Å²) < 4.78 is 10.5. The van der Waals surface area contributed by atoms with E-state index in [1.54, 1.807) is 6.92 Å². The van der Waals surface area contributed by atoms with Gasteiger partial charge in [0.15, 0.2) is 6.61 Å². The molecule has 3 N–H and O–H groups in total. The first-order chi connectivity index (χ1) is 12.6. The van der Waals surface area contributed by atoms with Crippen LogP contribution in [0.25, 0.3) is 0 Å². The number of nitrogens with one attached hydrogen (secondary N) is 1. The zero-order valence-electron chi connectivity index (χ0n) is 15.2. The van der Waals surface area contributed by atoms with Crippen molar-refractivity contribution in [1.82, 2.24) is 10.1 Å². The molecule has 140 valence electrons. The van der Waals surface area contributed by atoms with E-state index >= 15 is 0 Å². The second-order valence-corrected chi connectivity index (χ2v) is 7.03. The maximum Gasteiger partial charge on any atom is 0.224 e. The summed E-state index contributed by atoms with van der Waals surface area (Å²) in [6, 6.07) is 7.26. The zero-order chi connectivity index (χ0) is 18.4. The largest absolute Gasteiger partial charge is 0.485 e. The molecule has 0 aliphatic heterocycles. The Labute approximate surface area is 153 Å². The van der Waals surface area contributed by atoms with E-state index in [-0.39, 0.29) is 17.9 Å². The van der Waals surface area contributed by atoms with Crippen molar-refractivity contribution in [2.24, 2.45) is 11.1 Å². The van der Waals surface area contributed by atoms with E-state index in [4.69, 9.17) is 15.0 Å². The van der Waals surface area contributed by atoms with Crippen molar-refractivity contribution >= 4 is 11.6 Å². The third-order valence-corrected chi connectivity index (χ3v) is 4.96. The second-order valence-electron chi connectivity index (χ2n) is 7.03. The molecule has 1 heterocycles. The van der Waals surface area contributed by atoms with Crippen molar-refractivity contribution in [3.05, 3.63) is 36.0 Å². The predicted octanol–water partition coefficient (Wildman–Crippen LogP) is 3.19. The van der Waals surface area contributed by atoms with Crippen LogP contribution in [0.3, 0.4) is 0 Å². The van der Waals surface area contributed by atoms with Crippen LogP contribution in [0, 0.1) is 12.3 Å². The highest BCUT2D eigenvalue weighted by molar-refractivity contribution is 5.91. The Morgan fingerprint density at radius 1 is 1.27 bits per heavy atom. The fourth-order valence-corrected chi connectivity index (χ4v) is 3.48. The number of rotatable bonds is 7. The summed E-state index contributed by atoms with van der Waals surface area (Å²) in [4.78, 5) is 16.5. The van der Waals surface area contributed by atoms with E-state index in [9.17, 15) is 4.79 Å². The van der Waals surface area contributed by atoms with E-state index in [2.05, 4.69) is 15.5 Å². The second kappa shape index (κ2) is 8.31. The van der Waals surface area contributed by atoms with Crippen molar-refractivity contribution in [3.8, 4) is 5.75 Å². The molecule has 7 nitrogen and oxygen atoms in total. The van der Waals surface area contributed by atoms with Crippen LogP contribution < -0.4 is 15.8 Å². The Morgan fingerprint density at radius 2 is 2.00 bits per heavy atom. The lowest BCUT2D eigenvalue weighted by atomic mass is 9.71. The first kappa shape index (κ1) is 18.4. The molecule has 0 saturated heterocycles. The summed E-state index contributed by atoms with van der Waals surface area (Å²) in [5.41, 5.74) is 6.69. The Hall–Kier alpha value is -2.41. The third-order valence-electron chi connectivity index (χ3n) is 4.96. The number of amides is 1. The average Bonchev–Trinajstić information content (AvgIpc) is 3.07. The normalized spacial score (nSPS) is 16.2. The quantitative estimate of drug-likeness (QED) is 0.788. The Kier molecular flexibility index (Phi) is 5.88. The molecule has 2 aromatic rings. The number of hydrogen-bond acceptors (Lipinski definition) is 6. The Morgan fingerprint density at radius 3 is 2.62 bits per heavy atom. The zero-order valence-corrected chi connectivity index (χ0v) is 15.2. The van der Waals surface area contributed by atoms with Gasteiger partial charge in [-0.15, -0.1) is 0 Å². The summed E-state index contributed by atoms with van der Waals surface area (Å²) in [5.74, 6) is 1.71. The molecule has 0 unspecified atom stereocenters. The number of hydrogen-bond donors (Lipinski definition) is 2. The lowest BCUT2D eigenvalue weighted by Gasteiger charge is -2.35. The molecule has 1 aromatic carbocycles. The topological polar surface area (TPSA) is 103 Å². The Balaban J connectivity index is 1.50. The SMILES string of the molecule is Cc1nc(COc2ccc(NC(=O)CC3(CN)CCCCC3)cc2)no1. The highest BCUT2D eigenvalue weighted by atomic mass is 16.5. The molecule has 1 fully saturated rings. The molecule has 0 bridgehead atoms. The maximum atomic E-state index is 12.4. The molecule has 1 saturated carbocycles. The maximum absolute atomic E-state index is 12.4. The predicted molar refractivity (Wildman–Crippen MR) is 97.6 cm³/mol. The van der Waals surface area contributed by atoms with Crippen molar-refractivity contribution in [1.29, 1.82) is 0 Å². The minimum atomic E-state index is -0.0336. The van der Waals surface area contributed by atoms with Gasteiger partial charge in [0, 0.05) is 19.0 Å². The van der Waals surface area contributed by atoms with Crippen molar-refractivity contribution in [2.45, 2.75) is 52.1 Å². The molecular formula is C19H26N4O3. The summed E-state index contributed by atoms with van der Waals surface area (Å²) in [6.45, 7) is 2.54. The van der Waals surface area contributed by atoms with Crippen LogP contribution in [0.15, 0.2) is 28.8 Å². The van der Waals surface area contributed by atoms with Crippen molar-refractivity contribution in [3.63, 3.8) is 0 Å². The molecular weight excluding hydrogens is 332 g/mol. The highest BCUT2D eigenvalue weighted by Gasteiger charge is 2.32. The number of benzene rings is 1. The number of aromatic nitrogens is 2. The van der Waals surface area contributed by atoms with Gasteiger partial charge >= 0.3 is 0 Å². The lowest BCUT2D eigenvalue weighted by molar-refractivity contribution is -0.118. The summed E-state index contributed by atoms with van der Waals surface area (Å²) >= 11 is 0. The molecule has 1 aromatic heterocycles. The fourth-order valence-electron chi connectivity index (χ4n) is 3.48. The average molecular weight is 358 g/mol. The molecule has 1 amide bonds. The van der Waals surface area contributed by atoms with Crippen LogP contribution in [0.1, 0.15) is 50.2 Å². The van der Waals surface area contributed by atoms with E-state index in [1.807, 2.05) is 24.3 Å². The highest BCUT2D eigenvalue weighted by Crippen LogP contribution is 2.38. The van der Waals surface area contributed by atoms with Gasteiger partial charge in [0.25, 0.3) is 0 Å². The molecule has 1 aliphatic rings. The third kappa shape index (κ3) is 4.82. The summed E-state index contributed by atoms with van der Waals surface area (Å²) in [6.07, 6.45) is 6.14. The van der Waals surface area contributed by atoms with Crippen LogP contribution in [0.2, 0.25) is 0 Å². The van der Waals surface area contributed by atoms with Crippen molar-refractivity contribution < 1.29 is 14.1 Å². The minimum absolute atomic E-state index is 0.0216. The van der Waals surface area contributed by atoms with Crippen molar-refractivity contribution in [2.75, 3.05) is 11.9 Å². The summed E-state index contributed by atoms with van der Waals surface area (Å²) in [5, 5.41) is 6.74. The van der Waals surface area contributed by atoms with Gasteiger partial charge in [-0.1, -0.05) is 24.4 Å². The van der Waals surface area contributed by atoms with Crippen LogP contribution >= 0.6 is 0 Å². The van der Waals surface area contributed by atoms with E-state index in [1.165, 1.54) is 6.42 Å². The molecule has 0 radical (unpaired) electrons. The van der Waals surface area contributed by atoms with E-state index in [0.29, 0.717) is 30.4 Å². The fraction of sp³-hybridized carbons (Fsp3) is 0.526. The summed E-state index contributed by atoms with van der Waals surface area (Å²) in [7, 11) is 0. The molecule has 3 rings (SSSR count). The van der Waals surface area contributed by atoms with Gasteiger partial charge in [0.05, 0.1) is 0 Å². The monoisotopic (exact) mass is 358 g/mol. The standard InChI is InChI=1S/C19H26N4O3/c1-14-21-17(23-26-14)12-25-16-7-5-15(6-8-16)22-18(24)11-19(13-20)9-3-2-4-10-19/h5-8H,2-4,9-13,20H2,1H3,(H,22,24). The van der Waals surface area contributed by atoms with Gasteiger partial charge in [-0.3, -0.25) is 4.79 Å². The van der Waals surface area contributed by atoms with Gasteiger partial charge < -0.3 is 20.3 Å². The molecule has 0 spiro atoms. The Bertz CT molecular complexity index is 721. The van der Waals surface area contributed by atoms with Crippen LogP contribution in [-0.4, -0.2) is 22.6 Å². The van der Waals surface area contributed by atoms with E-state index in [0.717, 1.165) is 31.4 Å². The van der Waals surface area contributed by atoms with Gasteiger partial charge in [0.1, 0.15) is 5.75 Å². The molecule has 26 heavy (non-hydrogen) atoms. The van der Waals surface area contributed by atoms with Gasteiger partial charge in [-0.2, -0.15) is 4.98 Å². The first-order valence-electron chi connectivity index (χ1n) is 9.11. The van der Waals surface area contributed by atoms with Gasteiger partial charge in [0.2, 0.25) is 17.6 Å². The van der Waals surface area contributed by atoms with Crippen LogP contribution in [-0.2, 0) is 11.4 Å². The molecule has 7 heteroatoms. The van der Waals surface area contributed by atoms with Gasteiger partial charge in [-0.05, 0) is 49.1 Å². The number of anilines is 1. The van der Waals surface area contributed by atoms with Crippen LogP contribution in [0.5, 0.6) is 5.75 Å². The molecule has 0 atom stereocenters. The lowest BCUT2D eigenvalue weighted by Crippen LogP contribution is -2.36. The number of carbonyl (C=O) groups is 1. The number of ether oxygens (including phenoxy) is 1. The van der Waals surface area contributed by atoms with E-state index < -0.39 is 0 Å². The smallest absolute Gasteiger partial charge is 0.224 e. The van der Waals surface area contributed by atoms with Gasteiger partial charge in [-0.25, -0.2) is 0 Å². The first-order valence-corrected chi connectivity index (χ1v) is 9.11. The minimum Gasteiger partial charge on any atom is -0.485 e. The number of carbonyl (C=O) groups excluding carboxylic acids is 1. The number of nitrogens with zero attached hydrogens (tertiary/aromatic N) is 2. The van der Waals surface area contributed by atoms with Crippen LogP contribution in [0.4, 0.5) is 5.69 Å². The number of aryl methyl sites for hydroxylation is 1. The molecule has 1 aliphatic carbocycles.